The van der Waals surface area contributed by atoms with E-state index in [9.17, 15) is 0 Å². The van der Waals surface area contributed by atoms with Crippen LogP contribution in [0, 0.1) is 0 Å². The molecule has 9 rings (SSSR count). The summed E-state index contributed by atoms with van der Waals surface area (Å²) in [6.45, 7) is 0.611. The van der Waals surface area contributed by atoms with E-state index >= 15 is 0 Å². The number of rotatable bonds is 4. The molecule has 0 radical (unpaired) electrons. The summed E-state index contributed by atoms with van der Waals surface area (Å²) >= 11 is 0. The minimum Gasteiger partial charge on any atom is -0.458 e. The molecule has 5 heteroatoms. The third kappa shape index (κ3) is 4.40. The maximum Gasteiger partial charge on any atom is 0.159 e. The van der Waals surface area contributed by atoms with Gasteiger partial charge in [0.05, 0.1) is 6.54 Å². The smallest absolute Gasteiger partial charge is 0.159 e. The van der Waals surface area contributed by atoms with E-state index < -0.39 is 0 Å². The third-order valence-corrected chi connectivity index (χ3v) is 8.77. The number of fused-ring (bicyclic) bond motifs is 6. The molecule has 45 heavy (non-hydrogen) atoms. The number of benzene rings is 6. The molecular weight excluding hydrogens is 552 g/mol. The van der Waals surface area contributed by atoms with Gasteiger partial charge in [-0.25, -0.2) is 9.98 Å². The first-order valence-corrected chi connectivity index (χ1v) is 15.2. The van der Waals surface area contributed by atoms with Gasteiger partial charge in [0.1, 0.15) is 23.3 Å². The zero-order valence-corrected chi connectivity index (χ0v) is 24.4. The lowest BCUT2D eigenvalue weighted by Gasteiger charge is -2.26. The van der Waals surface area contributed by atoms with Crippen LogP contribution < -0.4 is 10.6 Å². The second kappa shape index (κ2) is 10.4. The van der Waals surface area contributed by atoms with Crippen LogP contribution in [0.5, 0.6) is 0 Å². The molecule has 2 N–H and O–H groups in total. The van der Waals surface area contributed by atoms with Gasteiger partial charge < -0.3 is 15.1 Å². The van der Waals surface area contributed by atoms with Gasteiger partial charge in [0.2, 0.25) is 0 Å². The Balaban J connectivity index is 1.13. The number of hydrogen-bond donors (Lipinski definition) is 2. The molecule has 2 aliphatic rings. The zero-order valence-electron chi connectivity index (χ0n) is 24.4. The van der Waals surface area contributed by atoms with E-state index in [-0.39, 0.29) is 6.17 Å². The molecule has 0 fully saturated rings. The van der Waals surface area contributed by atoms with E-state index in [2.05, 4.69) is 108 Å². The van der Waals surface area contributed by atoms with E-state index in [1.807, 2.05) is 42.6 Å². The standard InChI is InChI=1S/C40H28N4O/c1-3-10-27(11-4-1)38-42-39(28-12-5-2-6-13-28)44-40(43-38)34-23-41-24-36-37(34)32-20-19-30(22-35(32)45-36)29-18-17-26-16-15-25-9-7-8-14-31(25)33(26)21-29/h1-23,38,41H,24H2,(H,42,43,44). The highest BCUT2D eigenvalue weighted by Crippen LogP contribution is 2.38. The van der Waals surface area contributed by atoms with E-state index in [1.165, 1.54) is 21.5 Å². The average Bonchev–Trinajstić information content (AvgIpc) is 3.50. The fourth-order valence-electron chi connectivity index (χ4n) is 6.54. The van der Waals surface area contributed by atoms with Crippen molar-refractivity contribution in [3.63, 3.8) is 0 Å². The summed E-state index contributed by atoms with van der Waals surface area (Å²) < 4.78 is 6.54. The van der Waals surface area contributed by atoms with Crippen LogP contribution >= 0.6 is 0 Å². The summed E-state index contributed by atoms with van der Waals surface area (Å²) in [4.78, 5) is 10.1. The van der Waals surface area contributed by atoms with Crippen LogP contribution in [0.15, 0.2) is 154 Å². The quantitative estimate of drug-likeness (QED) is 0.204. The van der Waals surface area contributed by atoms with Crippen molar-refractivity contribution in [2.75, 3.05) is 0 Å². The lowest BCUT2D eigenvalue weighted by Crippen LogP contribution is -2.35. The molecule has 3 heterocycles. The number of nitrogens with one attached hydrogen (secondary N) is 2. The van der Waals surface area contributed by atoms with E-state index in [0.29, 0.717) is 12.4 Å². The van der Waals surface area contributed by atoms with Crippen LogP contribution in [-0.4, -0.2) is 11.7 Å². The molecule has 0 saturated carbocycles. The molecule has 0 aliphatic carbocycles. The van der Waals surface area contributed by atoms with Crippen molar-refractivity contribution < 1.29 is 4.42 Å². The molecular formula is C40H28N4O. The van der Waals surface area contributed by atoms with Crippen molar-refractivity contribution in [1.82, 2.24) is 10.6 Å². The predicted octanol–water partition coefficient (Wildman–Crippen LogP) is 9.00. The van der Waals surface area contributed by atoms with Crippen LogP contribution in [-0.2, 0) is 6.54 Å². The first kappa shape index (κ1) is 25.5. The number of amidine groups is 2. The minimum atomic E-state index is -0.270. The lowest BCUT2D eigenvalue weighted by atomic mass is 9.95. The highest BCUT2D eigenvalue weighted by Gasteiger charge is 2.28. The van der Waals surface area contributed by atoms with Crippen molar-refractivity contribution in [2.45, 2.75) is 12.7 Å². The van der Waals surface area contributed by atoms with Gasteiger partial charge in [-0.15, -0.1) is 0 Å². The number of furan rings is 1. The van der Waals surface area contributed by atoms with Crippen LogP contribution in [0.2, 0.25) is 0 Å². The maximum absolute atomic E-state index is 6.54. The monoisotopic (exact) mass is 580 g/mol. The Labute approximate surface area is 260 Å². The third-order valence-electron chi connectivity index (χ3n) is 8.77. The van der Waals surface area contributed by atoms with Gasteiger partial charge in [-0.3, -0.25) is 0 Å². The summed E-state index contributed by atoms with van der Waals surface area (Å²) in [5.74, 6) is 2.36. The van der Waals surface area contributed by atoms with Gasteiger partial charge in [-0.2, -0.15) is 0 Å². The number of hydrogen-bond acceptors (Lipinski definition) is 5. The topological polar surface area (TPSA) is 61.9 Å². The van der Waals surface area contributed by atoms with E-state index in [1.54, 1.807) is 0 Å². The van der Waals surface area contributed by atoms with Gasteiger partial charge >= 0.3 is 0 Å². The molecule has 0 spiro atoms. The Morgan fingerprint density at radius 2 is 1.33 bits per heavy atom. The molecule has 0 amide bonds. The second-order valence-corrected chi connectivity index (χ2v) is 11.5. The van der Waals surface area contributed by atoms with Gasteiger partial charge in [0.15, 0.2) is 5.84 Å². The molecule has 0 saturated heterocycles. The average molecular weight is 581 g/mol. The van der Waals surface area contributed by atoms with Crippen LogP contribution in [0.1, 0.15) is 28.6 Å². The molecule has 1 aromatic heterocycles. The molecule has 1 unspecified atom stereocenters. The van der Waals surface area contributed by atoms with E-state index in [0.717, 1.165) is 56.0 Å². The van der Waals surface area contributed by atoms with Gasteiger partial charge in [0, 0.05) is 28.3 Å². The SMILES string of the molecule is C1=C(C2=NC(c3ccccc3)=NC(c3ccccc3)N2)c2c(oc3cc(-c4ccc5ccc6ccccc6c5c4)ccc23)CN1. The number of aliphatic imine (C=N–C) groups is 2. The lowest BCUT2D eigenvalue weighted by molar-refractivity contribution is 0.531. The normalized spacial score (nSPS) is 16.0. The van der Waals surface area contributed by atoms with E-state index in [4.69, 9.17) is 14.4 Å². The first-order valence-electron chi connectivity index (χ1n) is 15.2. The molecule has 5 nitrogen and oxygen atoms in total. The van der Waals surface area contributed by atoms with Crippen molar-refractivity contribution in [2.24, 2.45) is 9.98 Å². The number of nitrogens with zero attached hydrogens (tertiary/aromatic N) is 2. The largest absolute Gasteiger partial charge is 0.458 e. The van der Waals surface area contributed by atoms with Gasteiger partial charge in [0.25, 0.3) is 0 Å². The molecule has 7 aromatic rings. The molecule has 214 valence electrons. The fourth-order valence-corrected chi connectivity index (χ4v) is 6.54. The second-order valence-electron chi connectivity index (χ2n) is 11.5. The molecule has 1 atom stereocenters. The highest BCUT2D eigenvalue weighted by molar-refractivity contribution is 6.30. The Kier molecular flexibility index (Phi) is 5.88. The van der Waals surface area contributed by atoms with Gasteiger partial charge in [-0.1, -0.05) is 115 Å². The summed E-state index contributed by atoms with van der Waals surface area (Å²) in [5, 5.41) is 13.1. The summed E-state index contributed by atoms with van der Waals surface area (Å²) in [6, 6.07) is 46.6. The zero-order chi connectivity index (χ0) is 29.7. The van der Waals surface area contributed by atoms with Crippen molar-refractivity contribution in [1.29, 1.82) is 0 Å². The maximum atomic E-state index is 6.54. The van der Waals surface area contributed by atoms with Crippen molar-refractivity contribution >= 4 is 49.8 Å². The Bertz CT molecular complexity index is 2350. The minimum absolute atomic E-state index is 0.270. The van der Waals surface area contributed by atoms with Crippen molar-refractivity contribution in [3.8, 4) is 11.1 Å². The van der Waals surface area contributed by atoms with Crippen molar-refractivity contribution in [3.05, 3.63) is 162 Å². The molecule has 0 bridgehead atoms. The van der Waals surface area contributed by atoms with Crippen LogP contribution in [0.25, 0.3) is 49.2 Å². The predicted molar refractivity (Wildman–Crippen MR) is 184 cm³/mol. The highest BCUT2D eigenvalue weighted by atomic mass is 16.3. The van der Waals surface area contributed by atoms with Crippen LogP contribution in [0.4, 0.5) is 0 Å². The summed E-state index contributed by atoms with van der Waals surface area (Å²) in [6.07, 6.45) is 1.77. The fraction of sp³-hybridized carbons (Fsp3) is 0.0500. The summed E-state index contributed by atoms with van der Waals surface area (Å²) in [7, 11) is 0. The first-order chi connectivity index (χ1) is 22.3. The summed E-state index contributed by atoms with van der Waals surface area (Å²) in [5.41, 5.74) is 7.23. The van der Waals surface area contributed by atoms with Gasteiger partial charge in [-0.05, 0) is 56.4 Å². The molecule has 6 aromatic carbocycles. The van der Waals surface area contributed by atoms with Crippen LogP contribution in [0.3, 0.4) is 0 Å². The Morgan fingerprint density at radius 1 is 0.622 bits per heavy atom. The molecule has 2 aliphatic heterocycles. The Morgan fingerprint density at radius 3 is 2.20 bits per heavy atom. The Hall–Kier alpha value is -5.94.